The van der Waals surface area contributed by atoms with Gasteiger partial charge in [0.25, 0.3) is 0 Å². The van der Waals surface area contributed by atoms with Crippen molar-refractivity contribution in [1.29, 1.82) is 0 Å². The van der Waals surface area contributed by atoms with E-state index in [1.807, 2.05) is 13.8 Å². The Morgan fingerprint density at radius 1 is 1.56 bits per heavy atom. The molecule has 0 aliphatic heterocycles. The Hall–Kier alpha value is -1.49. The number of carbonyl (C=O) groups is 1. The molecule has 1 rings (SSSR count). The third-order valence-electron chi connectivity index (χ3n) is 2.37. The van der Waals surface area contributed by atoms with Gasteiger partial charge in [-0.3, -0.25) is 0 Å². The van der Waals surface area contributed by atoms with Crippen LogP contribution in [0, 0.1) is 0 Å². The Morgan fingerprint density at radius 3 is 2.81 bits per heavy atom. The summed E-state index contributed by atoms with van der Waals surface area (Å²) in [7, 11) is 0. The lowest BCUT2D eigenvalue weighted by Crippen LogP contribution is -2.44. The van der Waals surface area contributed by atoms with Crippen LogP contribution >= 0.6 is 0 Å². The molecule has 0 aromatic carbocycles. The van der Waals surface area contributed by atoms with Crippen LogP contribution in [0.2, 0.25) is 0 Å². The average molecular weight is 226 g/mol. The number of rotatable bonds is 5. The number of amides is 2. The zero-order valence-corrected chi connectivity index (χ0v) is 9.56. The second kappa shape index (κ2) is 6.17. The van der Waals surface area contributed by atoms with E-state index in [1.54, 1.807) is 18.4 Å². The number of hydrogen-bond acceptors (Lipinski definition) is 3. The molecule has 0 spiro atoms. The first kappa shape index (κ1) is 12.6. The van der Waals surface area contributed by atoms with Crippen molar-refractivity contribution in [3.63, 3.8) is 0 Å². The molecule has 0 aliphatic carbocycles. The highest BCUT2D eigenvalue weighted by Crippen LogP contribution is 2.11. The minimum absolute atomic E-state index is 0.0565. The molecule has 3 N–H and O–H groups in total. The molecule has 0 saturated carbocycles. The van der Waals surface area contributed by atoms with Crippen molar-refractivity contribution in [2.75, 3.05) is 6.61 Å². The maximum Gasteiger partial charge on any atom is 0.315 e. The SMILES string of the molecule is CC[C@@H](CO)NC(=O)NC(C)c1ccco1. The molecule has 5 heteroatoms. The number of carbonyl (C=O) groups excluding carboxylic acids is 1. The van der Waals surface area contributed by atoms with Crippen molar-refractivity contribution in [2.24, 2.45) is 0 Å². The molecule has 0 aliphatic rings. The Balaban J connectivity index is 2.39. The largest absolute Gasteiger partial charge is 0.467 e. The van der Waals surface area contributed by atoms with Crippen molar-refractivity contribution < 1.29 is 14.3 Å². The minimum atomic E-state index is -0.301. The Morgan fingerprint density at radius 2 is 2.31 bits per heavy atom. The third kappa shape index (κ3) is 3.58. The first-order chi connectivity index (χ1) is 7.67. The van der Waals surface area contributed by atoms with Gasteiger partial charge in [0.2, 0.25) is 0 Å². The topological polar surface area (TPSA) is 74.5 Å². The van der Waals surface area contributed by atoms with E-state index in [-0.39, 0.29) is 24.7 Å². The van der Waals surface area contributed by atoms with Crippen LogP contribution < -0.4 is 10.6 Å². The lowest BCUT2D eigenvalue weighted by atomic mass is 10.2. The molecule has 1 unspecified atom stereocenters. The van der Waals surface area contributed by atoms with Crippen molar-refractivity contribution in [3.05, 3.63) is 24.2 Å². The highest BCUT2D eigenvalue weighted by atomic mass is 16.3. The number of aliphatic hydroxyl groups excluding tert-OH is 1. The van der Waals surface area contributed by atoms with E-state index >= 15 is 0 Å². The van der Waals surface area contributed by atoms with Gasteiger partial charge in [0.05, 0.1) is 25.0 Å². The smallest absolute Gasteiger partial charge is 0.315 e. The molecule has 5 nitrogen and oxygen atoms in total. The summed E-state index contributed by atoms with van der Waals surface area (Å²) in [6.45, 7) is 3.68. The second-order valence-corrected chi connectivity index (χ2v) is 3.64. The van der Waals surface area contributed by atoms with Crippen LogP contribution in [0.5, 0.6) is 0 Å². The molecule has 2 amide bonds. The number of furan rings is 1. The van der Waals surface area contributed by atoms with Gasteiger partial charge in [-0.1, -0.05) is 6.92 Å². The van der Waals surface area contributed by atoms with E-state index in [0.29, 0.717) is 12.2 Å². The molecule has 1 heterocycles. The predicted molar refractivity (Wildman–Crippen MR) is 60.0 cm³/mol. The second-order valence-electron chi connectivity index (χ2n) is 3.64. The van der Waals surface area contributed by atoms with Crippen molar-refractivity contribution >= 4 is 6.03 Å². The number of nitrogens with one attached hydrogen (secondary N) is 2. The van der Waals surface area contributed by atoms with Crippen LogP contribution in [-0.2, 0) is 0 Å². The Kier molecular flexibility index (Phi) is 4.85. The zero-order chi connectivity index (χ0) is 12.0. The zero-order valence-electron chi connectivity index (χ0n) is 9.56. The highest BCUT2D eigenvalue weighted by molar-refractivity contribution is 5.74. The fraction of sp³-hybridized carbons (Fsp3) is 0.545. The molecule has 16 heavy (non-hydrogen) atoms. The van der Waals surface area contributed by atoms with E-state index in [2.05, 4.69) is 10.6 Å². The predicted octanol–water partition coefficient (Wildman–Crippen LogP) is 1.41. The molecule has 0 saturated heterocycles. The summed E-state index contributed by atoms with van der Waals surface area (Å²) in [4.78, 5) is 11.5. The number of hydrogen-bond donors (Lipinski definition) is 3. The maximum atomic E-state index is 11.5. The molecule has 0 radical (unpaired) electrons. The van der Waals surface area contributed by atoms with E-state index < -0.39 is 0 Å². The standard InChI is InChI=1S/C11H18N2O3/c1-3-9(7-14)13-11(15)12-8(2)10-5-4-6-16-10/h4-6,8-9,14H,3,7H2,1-2H3,(H2,12,13,15)/t8?,9-/m0/s1. The monoisotopic (exact) mass is 226 g/mol. The van der Waals surface area contributed by atoms with Crippen LogP contribution in [0.1, 0.15) is 32.1 Å². The summed E-state index contributed by atoms with van der Waals surface area (Å²) in [6.07, 6.45) is 2.26. The van der Waals surface area contributed by atoms with Gasteiger partial charge in [-0.15, -0.1) is 0 Å². The van der Waals surface area contributed by atoms with Crippen LogP contribution in [0.4, 0.5) is 4.79 Å². The van der Waals surface area contributed by atoms with Crippen LogP contribution in [0.15, 0.2) is 22.8 Å². The van der Waals surface area contributed by atoms with Gasteiger partial charge in [-0.25, -0.2) is 4.79 Å². The van der Waals surface area contributed by atoms with Crippen molar-refractivity contribution in [2.45, 2.75) is 32.4 Å². The highest BCUT2D eigenvalue weighted by Gasteiger charge is 2.13. The molecule has 0 bridgehead atoms. The van der Waals surface area contributed by atoms with E-state index in [1.165, 1.54) is 0 Å². The maximum absolute atomic E-state index is 11.5. The quantitative estimate of drug-likeness (QED) is 0.710. The summed E-state index contributed by atoms with van der Waals surface area (Å²) in [5.74, 6) is 0.701. The van der Waals surface area contributed by atoms with Gasteiger partial charge < -0.3 is 20.2 Å². The van der Waals surface area contributed by atoms with Gasteiger partial charge >= 0.3 is 6.03 Å². The lowest BCUT2D eigenvalue weighted by molar-refractivity contribution is 0.211. The van der Waals surface area contributed by atoms with Crippen LogP contribution in [-0.4, -0.2) is 23.8 Å². The first-order valence-corrected chi connectivity index (χ1v) is 5.38. The van der Waals surface area contributed by atoms with Crippen LogP contribution in [0.25, 0.3) is 0 Å². The van der Waals surface area contributed by atoms with Gasteiger partial charge in [0, 0.05) is 0 Å². The fourth-order valence-electron chi connectivity index (χ4n) is 1.31. The normalized spacial score (nSPS) is 14.2. The first-order valence-electron chi connectivity index (χ1n) is 5.38. The minimum Gasteiger partial charge on any atom is -0.467 e. The summed E-state index contributed by atoms with van der Waals surface area (Å²) in [6, 6.07) is 2.88. The molecule has 90 valence electrons. The van der Waals surface area contributed by atoms with Crippen molar-refractivity contribution in [3.8, 4) is 0 Å². The van der Waals surface area contributed by atoms with E-state index in [0.717, 1.165) is 0 Å². The van der Waals surface area contributed by atoms with Gasteiger partial charge in [-0.05, 0) is 25.5 Å². The average Bonchev–Trinajstić information content (AvgIpc) is 2.79. The van der Waals surface area contributed by atoms with Crippen LogP contribution in [0.3, 0.4) is 0 Å². The Labute approximate surface area is 94.8 Å². The van der Waals surface area contributed by atoms with Gasteiger partial charge in [0.1, 0.15) is 5.76 Å². The molecule has 1 aromatic rings. The van der Waals surface area contributed by atoms with E-state index in [4.69, 9.17) is 9.52 Å². The lowest BCUT2D eigenvalue weighted by Gasteiger charge is -2.17. The molecular weight excluding hydrogens is 208 g/mol. The Bertz CT molecular complexity index is 307. The van der Waals surface area contributed by atoms with Gasteiger partial charge in [-0.2, -0.15) is 0 Å². The molecule has 1 aromatic heterocycles. The summed E-state index contributed by atoms with van der Waals surface area (Å²) < 4.78 is 5.16. The van der Waals surface area contributed by atoms with Gasteiger partial charge in [0.15, 0.2) is 0 Å². The summed E-state index contributed by atoms with van der Waals surface area (Å²) in [5, 5.41) is 14.3. The molecular formula is C11H18N2O3. The third-order valence-corrected chi connectivity index (χ3v) is 2.37. The summed E-state index contributed by atoms with van der Waals surface area (Å²) >= 11 is 0. The molecule has 0 fully saturated rings. The number of aliphatic hydroxyl groups is 1. The molecule has 2 atom stereocenters. The fourth-order valence-corrected chi connectivity index (χ4v) is 1.31. The number of urea groups is 1. The van der Waals surface area contributed by atoms with E-state index in [9.17, 15) is 4.79 Å². The summed E-state index contributed by atoms with van der Waals surface area (Å²) in [5.41, 5.74) is 0. The van der Waals surface area contributed by atoms with Crippen molar-refractivity contribution in [1.82, 2.24) is 10.6 Å².